The highest BCUT2D eigenvalue weighted by atomic mass is 16.5. The summed E-state index contributed by atoms with van der Waals surface area (Å²) >= 11 is 0. The number of benzene rings is 1. The molecule has 1 saturated heterocycles. The Kier molecular flexibility index (Phi) is 3.64. The number of methoxy groups -OCH3 is 1. The molecule has 0 aromatic heterocycles. The van der Waals surface area contributed by atoms with E-state index in [0.717, 1.165) is 37.8 Å². The number of likely N-dealkylation sites (tertiary alicyclic amines) is 1. The van der Waals surface area contributed by atoms with E-state index in [0.29, 0.717) is 11.8 Å². The van der Waals surface area contributed by atoms with Gasteiger partial charge in [-0.25, -0.2) is 0 Å². The number of carbonyl (C=O) groups excluding carboxylic acids is 2. The van der Waals surface area contributed by atoms with Gasteiger partial charge in [-0.05, 0) is 44.5 Å². The maximum atomic E-state index is 12.8. The van der Waals surface area contributed by atoms with Crippen molar-refractivity contribution in [1.29, 1.82) is 0 Å². The Morgan fingerprint density at radius 2 is 2.33 bits per heavy atom. The Morgan fingerprint density at radius 1 is 1.50 bits per heavy atom. The van der Waals surface area contributed by atoms with Crippen LogP contribution in [0.15, 0.2) is 12.1 Å². The van der Waals surface area contributed by atoms with Crippen LogP contribution in [0.1, 0.15) is 36.8 Å². The fraction of sp³-hybridized carbons (Fsp3) is 0.579. The van der Waals surface area contributed by atoms with Crippen molar-refractivity contribution in [2.75, 3.05) is 20.7 Å². The first-order valence-electron chi connectivity index (χ1n) is 8.64. The number of piperidine rings is 1. The van der Waals surface area contributed by atoms with Crippen LogP contribution in [0, 0.1) is 0 Å². The summed E-state index contributed by atoms with van der Waals surface area (Å²) in [6.45, 7) is 0.960. The zero-order valence-corrected chi connectivity index (χ0v) is 14.2. The topological polar surface area (TPSA) is 55.8 Å². The van der Waals surface area contributed by atoms with E-state index in [9.17, 15) is 9.59 Å². The monoisotopic (exact) mass is 329 g/mol. The van der Waals surface area contributed by atoms with Gasteiger partial charge in [0.1, 0.15) is 6.29 Å². The third-order valence-corrected chi connectivity index (χ3v) is 6.05. The van der Waals surface area contributed by atoms with Crippen LogP contribution >= 0.6 is 0 Å². The SMILES string of the molecule is COc1ccc2c3c1OC(C(=O)CCC=O)C31CCN(C)C(C2)C1. The molecule has 2 bridgehead atoms. The molecule has 2 heterocycles. The molecule has 128 valence electrons. The summed E-state index contributed by atoms with van der Waals surface area (Å²) in [6, 6.07) is 4.51. The van der Waals surface area contributed by atoms with E-state index in [-0.39, 0.29) is 24.0 Å². The molecule has 5 heteroatoms. The lowest BCUT2D eigenvalue weighted by Gasteiger charge is -2.49. The van der Waals surface area contributed by atoms with E-state index < -0.39 is 6.10 Å². The summed E-state index contributed by atoms with van der Waals surface area (Å²) in [5.74, 6) is 1.50. The van der Waals surface area contributed by atoms with Gasteiger partial charge < -0.3 is 19.2 Å². The molecule has 1 fully saturated rings. The maximum Gasteiger partial charge on any atom is 0.174 e. The molecule has 2 aliphatic heterocycles. The molecule has 1 spiro atoms. The van der Waals surface area contributed by atoms with E-state index in [2.05, 4.69) is 18.0 Å². The zero-order valence-electron chi connectivity index (χ0n) is 14.2. The van der Waals surface area contributed by atoms with Gasteiger partial charge in [-0.15, -0.1) is 0 Å². The number of hydrogen-bond acceptors (Lipinski definition) is 5. The fourth-order valence-electron chi connectivity index (χ4n) is 4.85. The second kappa shape index (κ2) is 5.59. The van der Waals surface area contributed by atoms with Crippen molar-refractivity contribution in [3.63, 3.8) is 0 Å². The quantitative estimate of drug-likeness (QED) is 0.772. The van der Waals surface area contributed by atoms with Crippen molar-refractivity contribution >= 4 is 12.1 Å². The molecular weight excluding hydrogens is 306 g/mol. The van der Waals surface area contributed by atoms with Gasteiger partial charge >= 0.3 is 0 Å². The van der Waals surface area contributed by atoms with Crippen molar-refractivity contribution < 1.29 is 19.1 Å². The number of ketones is 1. The molecule has 1 aromatic rings. The van der Waals surface area contributed by atoms with Crippen LogP contribution in [0.4, 0.5) is 0 Å². The number of fused-ring (bicyclic) bond motifs is 1. The van der Waals surface area contributed by atoms with Crippen LogP contribution in [-0.2, 0) is 21.4 Å². The molecule has 4 rings (SSSR count). The maximum absolute atomic E-state index is 12.8. The van der Waals surface area contributed by atoms with Gasteiger partial charge in [0.05, 0.1) is 7.11 Å². The number of rotatable bonds is 5. The van der Waals surface area contributed by atoms with Crippen molar-refractivity contribution in [2.24, 2.45) is 0 Å². The number of ether oxygens (including phenoxy) is 2. The number of nitrogens with zero attached hydrogens (tertiary/aromatic N) is 1. The Hall–Kier alpha value is -1.88. The zero-order chi connectivity index (χ0) is 16.9. The summed E-state index contributed by atoms with van der Waals surface area (Å²) in [5, 5.41) is 0. The highest BCUT2D eigenvalue weighted by Crippen LogP contribution is 2.58. The van der Waals surface area contributed by atoms with Gasteiger partial charge in [0.15, 0.2) is 23.4 Å². The van der Waals surface area contributed by atoms with Crippen LogP contribution in [0.3, 0.4) is 0 Å². The third-order valence-electron chi connectivity index (χ3n) is 6.05. The average molecular weight is 329 g/mol. The van der Waals surface area contributed by atoms with Gasteiger partial charge in [-0.2, -0.15) is 0 Å². The molecule has 0 radical (unpaired) electrons. The summed E-state index contributed by atoms with van der Waals surface area (Å²) < 4.78 is 11.7. The highest BCUT2D eigenvalue weighted by molar-refractivity contribution is 5.88. The number of hydrogen-bond donors (Lipinski definition) is 0. The average Bonchev–Trinajstić information content (AvgIpc) is 2.93. The van der Waals surface area contributed by atoms with Crippen LogP contribution in [0.2, 0.25) is 0 Å². The Morgan fingerprint density at radius 3 is 3.08 bits per heavy atom. The molecule has 0 saturated carbocycles. The smallest absolute Gasteiger partial charge is 0.174 e. The predicted molar refractivity (Wildman–Crippen MR) is 88.7 cm³/mol. The molecule has 0 amide bonds. The van der Waals surface area contributed by atoms with E-state index in [1.165, 1.54) is 11.1 Å². The Bertz CT molecular complexity index is 701. The number of Topliss-reactive ketones (excluding diaryl/α,β-unsaturated/α-hetero) is 1. The first-order valence-corrected chi connectivity index (χ1v) is 8.64. The summed E-state index contributed by atoms with van der Waals surface area (Å²) in [4.78, 5) is 25.9. The van der Waals surface area contributed by atoms with E-state index in [4.69, 9.17) is 9.47 Å². The summed E-state index contributed by atoms with van der Waals surface area (Å²) in [7, 11) is 3.79. The van der Waals surface area contributed by atoms with Crippen molar-refractivity contribution in [3.8, 4) is 11.5 Å². The Balaban J connectivity index is 1.83. The lowest BCUT2D eigenvalue weighted by atomic mass is 9.61. The van der Waals surface area contributed by atoms with Crippen molar-refractivity contribution in [2.45, 2.75) is 49.7 Å². The molecule has 5 nitrogen and oxygen atoms in total. The van der Waals surface area contributed by atoms with Gasteiger partial charge in [-0.1, -0.05) is 6.07 Å². The molecule has 3 aliphatic rings. The minimum absolute atomic E-state index is 0.0384. The number of likely N-dealkylation sites (N-methyl/N-ethyl adjacent to an activating group) is 1. The number of carbonyl (C=O) groups is 2. The number of aldehydes is 1. The lowest BCUT2D eigenvalue weighted by Crippen LogP contribution is -2.57. The first kappa shape index (κ1) is 15.6. The minimum Gasteiger partial charge on any atom is -0.493 e. The van der Waals surface area contributed by atoms with Gasteiger partial charge in [0, 0.05) is 29.9 Å². The molecule has 24 heavy (non-hydrogen) atoms. The molecular formula is C19H23NO4. The van der Waals surface area contributed by atoms with Crippen molar-refractivity contribution in [3.05, 3.63) is 23.3 Å². The van der Waals surface area contributed by atoms with Gasteiger partial charge in [-0.3, -0.25) is 4.79 Å². The summed E-state index contributed by atoms with van der Waals surface area (Å²) in [5.41, 5.74) is 2.21. The third kappa shape index (κ3) is 2.04. The van der Waals surface area contributed by atoms with E-state index >= 15 is 0 Å². The van der Waals surface area contributed by atoms with Crippen molar-refractivity contribution in [1.82, 2.24) is 4.90 Å². The normalized spacial score (nSPS) is 30.4. The Labute approximate surface area is 141 Å². The second-order valence-electron chi connectivity index (χ2n) is 7.25. The standard InChI is InChI=1S/C19H23NO4/c1-20-8-7-19-11-13(20)10-12-5-6-15(23-2)17(16(12)19)24-18(19)14(22)4-3-9-21/h5-6,9,13,18H,3-4,7-8,10-11H2,1-2H3. The molecule has 1 aliphatic carbocycles. The molecule has 0 N–H and O–H groups in total. The molecule has 1 aromatic carbocycles. The highest BCUT2D eigenvalue weighted by Gasteiger charge is 2.58. The van der Waals surface area contributed by atoms with Crippen LogP contribution in [-0.4, -0.2) is 49.8 Å². The minimum atomic E-state index is -0.487. The fourth-order valence-corrected chi connectivity index (χ4v) is 4.85. The van der Waals surface area contributed by atoms with Gasteiger partial charge in [0.2, 0.25) is 0 Å². The molecule has 3 atom stereocenters. The van der Waals surface area contributed by atoms with E-state index in [1.54, 1.807) is 7.11 Å². The molecule has 3 unspecified atom stereocenters. The van der Waals surface area contributed by atoms with Crippen LogP contribution in [0.25, 0.3) is 0 Å². The second-order valence-corrected chi connectivity index (χ2v) is 7.25. The summed E-state index contributed by atoms with van der Waals surface area (Å²) in [6.07, 6.45) is 3.67. The van der Waals surface area contributed by atoms with Crippen LogP contribution in [0.5, 0.6) is 11.5 Å². The lowest BCUT2D eigenvalue weighted by molar-refractivity contribution is -0.130. The van der Waals surface area contributed by atoms with Gasteiger partial charge in [0.25, 0.3) is 0 Å². The van der Waals surface area contributed by atoms with Crippen LogP contribution < -0.4 is 9.47 Å². The van der Waals surface area contributed by atoms with E-state index in [1.807, 2.05) is 6.07 Å². The largest absolute Gasteiger partial charge is 0.493 e. The predicted octanol–water partition coefficient (Wildman–Crippen LogP) is 1.89. The first-order chi connectivity index (χ1) is 11.6.